The number of aromatic nitrogens is 5. The number of aryl methyl sites for hydroxylation is 1. The van der Waals surface area contributed by atoms with Crippen molar-refractivity contribution in [1.29, 1.82) is 0 Å². The molecule has 0 fully saturated rings. The lowest BCUT2D eigenvalue weighted by atomic mass is 10.2. The van der Waals surface area contributed by atoms with E-state index < -0.39 is 0 Å². The van der Waals surface area contributed by atoms with Gasteiger partial charge in [0.15, 0.2) is 5.82 Å². The Morgan fingerprint density at radius 3 is 2.96 bits per heavy atom. The molecule has 1 atom stereocenters. The molecular formula is C16H18N6O2. The zero-order valence-corrected chi connectivity index (χ0v) is 13.7. The molecule has 0 aliphatic carbocycles. The van der Waals surface area contributed by atoms with Crippen LogP contribution in [0.4, 0.5) is 0 Å². The number of amides is 1. The summed E-state index contributed by atoms with van der Waals surface area (Å²) in [6.45, 7) is 5.72. The summed E-state index contributed by atoms with van der Waals surface area (Å²) in [7, 11) is 0. The fourth-order valence-corrected chi connectivity index (χ4v) is 2.07. The number of nitrogens with zero attached hydrogens (tertiary/aromatic N) is 5. The SMILES string of the molecule is CC[C@@H](C)NC(=O)c1cn(-c2cc(-c3nc(C)no3)ccn2)cn1. The van der Waals surface area contributed by atoms with Gasteiger partial charge in [-0.1, -0.05) is 12.1 Å². The van der Waals surface area contributed by atoms with Gasteiger partial charge in [-0.2, -0.15) is 4.98 Å². The van der Waals surface area contributed by atoms with Crippen molar-refractivity contribution in [2.45, 2.75) is 33.2 Å². The highest BCUT2D eigenvalue weighted by Gasteiger charge is 2.13. The molecule has 0 unspecified atom stereocenters. The Morgan fingerprint density at radius 1 is 1.42 bits per heavy atom. The summed E-state index contributed by atoms with van der Waals surface area (Å²) in [5, 5.41) is 6.66. The lowest BCUT2D eigenvalue weighted by Gasteiger charge is -2.09. The molecule has 3 aromatic rings. The summed E-state index contributed by atoms with van der Waals surface area (Å²) < 4.78 is 6.84. The van der Waals surface area contributed by atoms with Gasteiger partial charge in [0.05, 0.1) is 0 Å². The second-order valence-electron chi connectivity index (χ2n) is 5.50. The van der Waals surface area contributed by atoms with Gasteiger partial charge in [0.2, 0.25) is 0 Å². The molecule has 8 heteroatoms. The maximum Gasteiger partial charge on any atom is 0.271 e. The minimum absolute atomic E-state index is 0.102. The summed E-state index contributed by atoms with van der Waals surface area (Å²) in [4.78, 5) is 24.7. The van der Waals surface area contributed by atoms with Gasteiger partial charge in [-0.05, 0) is 32.4 Å². The van der Waals surface area contributed by atoms with E-state index in [1.54, 1.807) is 42.3 Å². The highest BCUT2D eigenvalue weighted by molar-refractivity contribution is 5.92. The second-order valence-corrected chi connectivity index (χ2v) is 5.50. The van der Waals surface area contributed by atoms with Gasteiger partial charge in [-0.3, -0.25) is 9.36 Å². The first-order valence-corrected chi connectivity index (χ1v) is 7.68. The van der Waals surface area contributed by atoms with Crippen LogP contribution in [-0.4, -0.2) is 36.6 Å². The summed E-state index contributed by atoms with van der Waals surface area (Å²) in [6.07, 6.45) is 5.70. The van der Waals surface area contributed by atoms with Crippen LogP contribution in [0.2, 0.25) is 0 Å². The van der Waals surface area contributed by atoms with Crippen molar-refractivity contribution < 1.29 is 9.32 Å². The normalized spacial score (nSPS) is 12.1. The maximum atomic E-state index is 12.1. The summed E-state index contributed by atoms with van der Waals surface area (Å²) in [5.41, 5.74) is 1.09. The van der Waals surface area contributed by atoms with Crippen LogP contribution >= 0.6 is 0 Å². The molecule has 1 N–H and O–H groups in total. The fourth-order valence-electron chi connectivity index (χ4n) is 2.07. The van der Waals surface area contributed by atoms with Gasteiger partial charge < -0.3 is 9.84 Å². The molecule has 0 saturated carbocycles. The van der Waals surface area contributed by atoms with Crippen LogP contribution in [-0.2, 0) is 0 Å². The minimum atomic E-state index is -0.202. The van der Waals surface area contributed by atoms with Crippen LogP contribution in [0.5, 0.6) is 0 Å². The van der Waals surface area contributed by atoms with Crippen LogP contribution in [0, 0.1) is 6.92 Å². The van der Waals surface area contributed by atoms with Crippen molar-refractivity contribution in [1.82, 2.24) is 30.0 Å². The third-order valence-electron chi connectivity index (χ3n) is 3.59. The average Bonchev–Trinajstić information content (AvgIpc) is 3.24. The largest absolute Gasteiger partial charge is 0.348 e. The van der Waals surface area contributed by atoms with Crippen molar-refractivity contribution in [2.24, 2.45) is 0 Å². The van der Waals surface area contributed by atoms with Crippen LogP contribution in [0.25, 0.3) is 17.3 Å². The van der Waals surface area contributed by atoms with Gasteiger partial charge in [0.1, 0.15) is 17.8 Å². The molecule has 0 bridgehead atoms. The summed E-state index contributed by atoms with van der Waals surface area (Å²) in [5.74, 6) is 1.39. The number of hydrogen-bond acceptors (Lipinski definition) is 6. The number of hydrogen-bond donors (Lipinski definition) is 1. The number of imidazole rings is 1. The van der Waals surface area contributed by atoms with E-state index in [1.807, 2.05) is 13.8 Å². The number of pyridine rings is 1. The van der Waals surface area contributed by atoms with Crippen molar-refractivity contribution in [3.05, 3.63) is 42.4 Å². The molecule has 1 amide bonds. The van der Waals surface area contributed by atoms with E-state index in [0.717, 1.165) is 12.0 Å². The van der Waals surface area contributed by atoms with E-state index in [-0.39, 0.29) is 11.9 Å². The monoisotopic (exact) mass is 326 g/mol. The van der Waals surface area contributed by atoms with Crippen molar-refractivity contribution in [3.63, 3.8) is 0 Å². The molecule has 3 aromatic heterocycles. The summed E-state index contributed by atoms with van der Waals surface area (Å²) in [6, 6.07) is 3.68. The van der Waals surface area contributed by atoms with E-state index in [2.05, 4.69) is 25.4 Å². The Balaban J connectivity index is 1.84. The number of nitrogens with one attached hydrogen (secondary N) is 1. The van der Waals surface area contributed by atoms with Crippen molar-refractivity contribution in [2.75, 3.05) is 0 Å². The second kappa shape index (κ2) is 6.61. The standard InChI is InChI=1S/C16H18N6O2/c1-4-10(2)19-15(23)13-8-22(9-18-13)14-7-12(5-6-17-14)16-20-11(3)21-24-16/h5-10H,4H2,1-3H3,(H,19,23)/t10-/m1/s1. The zero-order chi connectivity index (χ0) is 17.1. The van der Waals surface area contributed by atoms with E-state index in [0.29, 0.717) is 23.2 Å². The maximum absolute atomic E-state index is 12.1. The van der Waals surface area contributed by atoms with Crippen LogP contribution < -0.4 is 5.32 Å². The van der Waals surface area contributed by atoms with Gasteiger partial charge in [0.25, 0.3) is 11.8 Å². The molecule has 0 saturated heterocycles. The first kappa shape index (κ1) is 15.9. The first-order chi connectivity index (χ1) is 11.6. The molecule has 3 heterocycles. The number of carbonyl (C=O) groups is 1. The molecule has 0 spiro atoms. The molecule has 0 aromatic carbocycles. The third kappa shape index (κ3) is 3.32. The smallest absolute Gasteiger partial charge is 0.271 e. The number of rotatable bonds is 5. The molecule has 24 heavy (non-hydrogen) atoms. The molecule has 0 radical (unpaired) electrons. The summed E-state index contributed by atoms with van der Waals surface area (Å²) >= 11 is 0. The Hall–Kier alpha value is -3.03. The Labute approximate surface area is 138 Å². The highest BCUT2D eigenvalue weighted by Crippen LogP contribution is 2.19. The molecule has 3 rings (SSSR count). The molecule has 124 valence electrons. The van der Waals surface area contributed by atoms with Gasteiger partial charge in [0, 0.05) is 24.0 Å². The molecule has 0 aliphatic rings. The Kier molecular flexibility index (Phi) is 4.37. The predicted molar refractivity (Wildman–Crippen MR) is 86.6 cm³/mol. The Bertz CT molecular complexity index is 854. The van der Waals surface area contributed by atoms with Gasteiger partial charge in [-0.25, -0.2) is 9.97 Å². The lowest BCUT2D eigenvalue weighted by molar-refractivity contribution is 0.0934. The van der Waals surface area contributed by atoms with Crippen LogP contribution in [0.3, 0.4) is 0 Å². The van der Waals surface area contributed by atoms with E-state index >= 15 is 0 Å². The molecular weight excluding hydrogens is 308 g/mol. The first-order valence-electron chi connectivity index (χ1n) is 7.68. The van der Waals surface area contributed by atoms with Gasteiger partial charge >= 0.3 is 0 Å². The van der Waals surface area contributed by atoms with Crippen LogP contribution in [0.15, 0.2) is 35.4 Å². The van der Waals surface area contributed by atoms with Crippen molar-refractivity contribution in [3.8, 4) is 17.3 Å². The predicted octanol–water partition coefficient (Wildman–Crippen LogP) is 2.15. The van der Waals surface area contributed by atoms with E-state index in [9.17, 15) is 4.79 Å². The Morgan fingerprint density at radius 2 is 2.25 bits per heavy atom. The van der Waals surface area contributed by atoms with Gasteiger partial charge in [-0.15, -0.1) is 0 Å². The van der Waals surface area contributed by atoms with Crippen LogP contribution in [0.1, 0.15) is 36.6 Å². The minimum Gasteiger partial charge on any atom is -0.348 e. The lowest BCUT2D eigenvalue weighted by Crippen LogP contribution is -2.32. The topological polar surface area (TPSA) is 98.7 Å². The zero-order valence-electron chi connectivity index (χ0n) is 13.7. The highest BCUT2D eigenvalue weighted by atomic mass is 16.5. The quantitative estimate of drug-likeness (QED) is 0.771. The average molecular weight is 326 g/mol. The van der Waals surface area contributed by atoms with E-state index in [1.165, 1.54) is 0 Å². The van der Waals surface area contributed by atoms with E-state index in [4.69, 9.17) is 4.52 Å². The third-order valence-corrected chi connectivity index (χ3v) is 3.59. The number of carbonyl (C=O) groups excluding carboxylic acids is 1. The van der Waals surface area contributed by atoms with Crippen molar-refractivity contribution >= 4 is 5.91 Å². The molecule has 0 aliphatic heterocycles. The fraction of sp³-hybridized carbons (Fsp3) is 0.312. The molecule has 8 nitrogen and oxygen atoms in total.